The van der Waals surface area contributed by atoms with Crippen molar-refractivity contribution >= 4 is 10.0 Å². The Balaban J connectivity index is 1.63. The summed E-state index contributed by atoms with van der Waals surface area (Å²) in [5, 5.41) is 4.06. The van der Waals surface area contributed by atoms with Crippen LogP contribution in [-0.2, 0) is 10.0 Å². The van der Waals surface area contributed by atoms with Crippen LogP contribution in [-0.4, -0.2) is 36.0 Å². The molecule has 1 saturated heterocycles. The highest BCUT2D eigenvalue weighted by atomic mass is 32.2. The van der Waals surface area contributed by atoms with Crippen LogP contribution in [0.15, 0.2) is 64.0 Å². The van der Waals surface area contributed by atoms with Crippen LogP contribution in [0.3, 0.4) is 0 Å². The van der Waals surface area contributed by atoms with Crippen LogP contribution in [0.25, 0.3) is 11.4 Å². The van der Waals surface area contributed by atoms with Gasteiger partial charge in [0.05, 0.1) is 11.5 Å². The largest absolute Gasteiger partial charge is 0.494 e. The van der Waals surface area contributed by atoms with Crippen molar-refractivity contribution in [3.8, 4) is 17.1 Å². The van der Waals surface area contributed by atoms with Gasteiger partial charge in [-0.2, -0.15) is 9.29 Å². The molecule has 3 aromatic rings. The Morgan fingerprint density at radius 3 is 2.59 bits per heavy atom. The highest BCUT2D eigenvalue weighted by molar-refractivity contribution is 7.89. The fourth-order valence-electron chi connectivity index (χ4n) is 3.52. The fraction of sp³-hybridized carbons (Fsp3) is 0.333. The summed E-state index contributed by atoms with van der Waals surface area (Å²) in [6.45, 7) is 2.83. The predicted octanol–water partition coefficient (Wildman–Crippen LogP) is 4.05. The fourth-order valence-corrected chi connectivity index (χ4v) is 5.18. The van der Waals surface area contributed by atoms with E-state index < -0.39 is 16.1 Å². The Labute approximate surface area is 170 Å². The number of piperidine rings is 1. The predicted molar refractivity (Wildman–Crippen MR) is 108 cm³/mol. The van der Waals surface area contributed by atoms with Gasteiger partial charge in [-0.25, -0.2) is 8.42 Å². The van der Waals surface area contributed by atoms with E-state index in [0.29, 0.717) is 37.0 Å². The van der Waals surface area contributed by atoms with E-state index in [0.717, 1.165) is 18.4 Å². The van der Waals surface area contributed by atoms with E-state index in [1.165, 1.54) is 4.31 Å². The number of ether oxygens (including phenoxy) is 1. The zero-order chi connectivity index (χ0) is 20.3. The second-order valence-electron chi connectivity index (χ2n) is 6.85. The maximum atomic E-state index is 13.3. The molecule has 0 aliphatic carbocycles. The van der Waals surface area contributed by atoms with E-state index in [9.17, 15) is 8.42 Å². The highest BCUT2D eigenvalue weighted by Crippen LogP contribution is 2.35. The molecule has 1 fully saturated rings. The van der Waals surface area contributed by atoms with E-state index in [1.807, 2.05) is 37.3 Å². The second-order valence-corrected chi connectivity index (χ2v) is 8.74. The van der Waals surface area contributed by atoms with Crippen LogP contribution in [0.5, 0.6) is 5.75 Å². The Morgan fingerprint density at radius 1 is 1.10 bits per heavy atom. The van der Waals surface area contributed by atoms with Crippen molar-refractivity contribution in [3.05, 3.63) is 60.5 Å². The third-order valence-corrected chi connectivity index (χ3v) is 6.88. The van der Waals surface area contributed by atoms with Crippen molar-refractivity contribution in [3.63, 3.8) is 0 Å². The first-order chi connectivity index (χ1) is 14.1. The van der Waals surface area contributed by atoms with Crippen LogP contribution in [0, 0.1) is 0 Å². The lowest BCUT2D eigenvalue weighted by molar-refractivity contribution is 0.204. The van der Waals surface area contributed by atoms with Crippen molar-refractivity contribution in [1.29, 1.82) is 0 Å². The lowest BCUT2D eigenvalue weighted by Gasteiger charge is -2.32. The van der Waals surface area contributed by atoms with E-state index in [4.69, 9.17) is 9.26 Å². The summed E-state index contributed by atoms with van der Waals surface area (Å²) in [5.74, 6) is 1.44. The molecule has 1 aromatic heterocycles. The molecule has 0 spiro atoms. The van der Waals surface area contributed by atoms with Gasteiger partial charge in [-0.1, -0.05) is 41.9 Å². The van der Waals surface area contributed by atoms with Gasteiger partial charge in [0.15, 0.2) is 0 Å². The Morgan fingerprint density at radius 2 is 1.86 bits per heavy atom. The first-order valence-electron chi connectivity index (χ1n) is 9.73. The molecule has 1 aliphatic rings. The molecule has 2 heterocycles. The van der Waals surface area contributed by atoms with Crippen molar-refractivity contribution in [2.24, 2.45) is 0 Å². The third-order valence-electron chi connectivity index (χ3n) is 4.95. The van der Waals surface area contributed by atoms with Gasteiger partial charge in [-0.3, -0.25) is 0 Å². The summed E-state index contributed by atoms with van der Waals surface area (Å²) < 4.78 is 39.0. The van der Waals surface area contributed by atoms with Gasteiger partial charge in [-0.05, 0) is 44.0 Å². The van der Waals surface area contributed by atoms with Crippen molar-refractivity contribution < 1.29 is 17.7 Å². The third kappa shape index (κ3) is 4.04. The summed E-state index contributed by atoms with van der Waals surface area (Å²) in [4.78, 5) is 4.73. The molecular formula is C21H23N3O4S. The smallest absolute Gasteiger partial charge is 0.245 e. The zero-order valence-electron chi connectivity index (χ0n) is 16.2. The molecule has 7 nitrogen and oxygen atoms in total. The maximum Gasteiger partial charge on any atom is 0.245 e. The van der Waals surface area contributed by atoms with Gasteiger partial charge in [0, 0.05) is 12.1 Å². The summed E-state index contributed by atoms with van der Waals surface area (Å²) in [6.07, 6.45) is 2.35. The molecule has 152 valence electrons. The molecule has 0 unspecified atom stereocenters. The zero-order valence-corrected chi connectivity index (χ0v) is 17.0. The monoisotopic (exact) mass is 413 g/mol. The summed E-state index contributed by atoms with van der Waals surface area (Å²) >= 11 is 0. The molecule has 1 aliphatic heterocycles. The van der Waals surface area contributed by atoms with Crippen LogP contribution < -0.4 is 4.74 Å². The van der Waals surface area contributed by atoms with Crippen molar-refractivity contribution in [1.82, 2.24) is 14.4 Å². The molecular weight excluding hydrogens is 390 g/mol. The SMILES string of the molecule is CCOc1ccc(S(=O)(=O)N2CCCC[C@H]2c2nc(-c3ccccc3)no2)cc1. The number of benzene rings is 2. The standard InChI is InChI=1S/C21H23N3O4S/c1-2-27-17-11-13-18(14-12-17)29(25,26)24-15-7-6-10-19(24)21-22-20(23-28-21)16-8-4-3-5-9-16/h3-5,8-9,11-14,19H,2,6-7,10,15H2,1H3/t19-/m0/s1. The van der Waals surface area contributed by atoms with Gasteiger partial charge >= 0.3 is 0 Å². The molecule has 0 amide bonds. The van der Waals surface area contributed by atoms with Gasteiger partial charge in [0.2, 0.25) is 21.7 Å². The molecule has 0 N–H and O–H groups in total. The van der Waals surface area contributed by atoms with Crippen molar-refractivity contribution in [2.45, 2.75) is 37.1 Å². The minimum atomic E-state index is -3.70. The number of hydrogen-bond acceptors (Lipinski definition) is 6. The van der Waals surface area contributed by atoms with Gasteiger partial charge < -0.3 is 9.26 Å². The molecule has 1 atom stereocenters. The first kappa shape index (κ1) is 19.6. The normalized spacial score (nSPS) is 17.9. The van der Waals surface area contributed by atoms with Crippen LogP contribution in [0.4, 0.5) is 0 Å². The van der Waals surface area contributed by atoms with Gasteiger partial charge in [0.25, 0.3) is 0 Å². The molecule has 2 aromatic carbocycles. The van der Waals surface area contributed by atoms with E-state index >= 15 is 0 Å². The van der Waals surface area contributed by atoms with Crippen LogP contribution in [0.2, 0.25) is 0 Å². The quantitative estimate of drug-likeness (QED) is 0.606. The van der Waals surface area contributed by atoms with E-state index in [-0.39, 0.29) is 4.90 Å². The number of aromatic nitrogens is 2. The van der Waals surface area contributed by atoms with Gasteiger partial charge in [-0.15, -0.1) is 0 Å². The van der Waals surface area contributed by atoms with Crippen LogP contribution in [0.1, 0.15) is 38.1 Å². The number of sulfonamides is 1. The lowest BCUT2D eigenvalue weighted by Crippen LogP contribution is -2.38. The Kier molecular flexibility index (Phi) is 5.64. The molecule has 0 radical (unpaired) electrons. The molecule has 8 heteroatoms. The first-order valence-corrected chi connectivity index (χ1v) is 11.2. The number of nitrogens with zero attached hydrogens (tertiary/aromatic N) is 3. The molecule has 0 saturated carbocycles. The van der Waals surface area contributed by atoms with Crippen molar-refractivity contribution in [2.75, 3.05) is 13.2 Å². The Bertz CT molecular complexity index is 1050. The molecule has 4 rings (SSSR count). The molecule has 0 bridgehead atoms. The number of rotatable bonds is 6. The minimum Gasteiger partial charge on any atom is -0.494 e. The summed E-state index contributed by atoms with van der Waals surface area (Å²) in [6, 6.07) is 15.5. The maximum absolute atomic E-state index is 13.3. The Hall–Kier alpha value is -2.71. The summed E-state index contributed by atoms with van der Waals surface area (Å²) in [7, 11) is -3.70. The highest BCUT2D eigenvalue weighted by Gasteiger charge is 2.37. The lowest BCUT2D eigenvalue weighted by atomic mass is 10.1. The average Bonchev–Trinajstić information content (AvgIpc) is 3.25. The topological polar surface area (TPSA) is 85.5 Å². The number of hydrogen-bond donors (Lipinski definition) is 0. The average molecular weight is 413 g/mol. The summed E-state index contributed by atoms with van der Waals surface area (Å²) in [5.41, 5.74) is 0.833. The van der Waals surface area contributed by atoms with Crippen LogP contribution >= 0.6 is 0 Å². The molecule has 29 heavy (non-hydrogen) atoms. The minimum absolute atomic E-state index is 0.232. The van der Waals surface area contributed by atoms with E-state index in [2.05, 4.69) is 10.1 Å². The second kappa shape index (κ2) is 8.34. The van der Waals surface area contributed by atoms with E-state index in [1.54, 1.807) is 24.3 Å². The van der Waals surface area contributed by atoms with Gasteiger partial charge in [0.1, 0.15) is 11.8 Å².